The number of aryl methyl sites for hydroxylation is 2. The van der Waals surface area contributed by atoms with Crippen LogP contribution in [0.2, 0.25) is 0 Å². The third-order valence-electron chi connectivity index (χ3n) is 2.30. The highest BCUT2D eigenvalue weighted by atomic mass is 16.5. The molecule has 0 radical (unpaired) electrons. The molecule has 0 spiro atoms. The molecule has 1 rings (SSSR count). The molecule has 0 saturated carbocycles. The maximum atomic E-state index is 5.60. The van der Waals surface area contributed by atoms with E-state index in [2.05, 4.69) is 32.6 Å². The van der Waals surface area contributed by atoms with Crippen molar-refractivity contribution in [3.05, 3.63) is 41.5 Å². The summed E-state index contributed by atoms with van der Waals surface area (Å²) in [6, 6.07) is 4.27. The molecule has 0 fully saturated rings. The van der Waals surface area contributed by atoms with Gasteiger partial charge in [0.25, 0.3) is 0 Å². The molecule has 15 heavy (non-hydrogen) atoms. The molecule has 0 aliphatic carbocycles. The van der Waals surface area contributed by atoms with Crippen molar-refractivity contribution in [2.45, 2.75) is 20.3 Å². The van der Waals surface area contributed by atoms with Gasteiger partial charge in [0, 0.05) is 0 Å². The van der Waals surface area contributed by atoms with Crippen LogP contribution in [0.15, 0.2) is 24.8 Å². The van der Waals surface area contributed by atoms with Crippen molar-refractivity contribution in [1.29, 1.82) is 0 Å². The van der Waals surface area contributed by atoms with E-state index >= 15 is 0 Å². The fourth-order valence-electron chi connectivity index (χ4n) is 1.72. The maximum Gasteiger partial charge on any atom is 0.125 e. The minimum atomic E-state index is 0.553. The van der Waals surface area contributed by atoms with Crippen LogP contribution in [0.5, 0.6) is 5.75 Å². The van der Waals surface area contributed by atoms with Crippen LogP contribution in [0.1, 0.15) is 16.7 Å². The second-order valence-electron chi connectivity index (χ2n) is 3.70. The molecule has 1 aromatic rings. The van der Waals surface area contributed by atoms with E-state index < -0.39 is 0 Å². The summed E-state index contributed by atoms with van der Waals surface area (Å²) in [4.78, 5) is 0. The third-order valence-corrected chi connectivity index (χ3v) is 2.30. The van der Waals surface area contributed by atoms with Gasteiger partial charge in [-0.15, -0.1) is 0 Å². The molecule has 0 aromatic heterocycles. The lowest BCUT2D eigenvalue weighted by Crippen LogP contribution is -2.04. The molecule has 2 nitrogen and oxygen atoms in total. The summed E-state index contributed by atoms with van der Waals surface area (Å²) in [6.07, 6.45) is 2.68. The summed E-state index contributed by atoms with van der Waals surface area (Å²) in [5.41, 5.74) is 9.14. The Hall–Kier alpha value is -1.28. The van der Waals surface area contributed by atoms with Crippen LogP contribution in [0.4, 0.5) is 0 Å². The Labute approximate surface area is 91.7 Å². The fraction of sp³-hybridized carbons (Fsp3) is 0.385. The van der Waals surface area contributed by atoms with E-state index in [1.54, 1.807) is 6.08 Å². The quantitative estimate of drug-likeness (QED) is 0.749. The summed E-state index contributed by atoms with van der Waals surface area (Å²) in [5.74, 6) is 0.968. The van der Waals surface area contributed by atoms with E-state index in [-0.39, 0.29) is 0 Å². The molecule has 0 heterocycles. The molecule has 0 bridgehead atoms. The Bertz CT molecular complexity index is 321. The zero-order valence-corrected chi connectivity index (χ0v) is 9.55. The number of nitrogens with two attached hydrogens (primary N) is 1. The predicted octanol–water partition coefficient (Wildman–Crippen LogP) is 2.37. The highest BCUT2D eigenvalue weighted by molar-refractivity contribution is 5.43. The van der Waals surface area contributed by atoms with Crippen molar-refractivity contribution in [2.24, 2.45) is 5.73 Å². The smallest absolute Gasteiger partial charge is 0.125 e. The Morgan fingerprint density at radius 1 is 1.33 bits per heavy atom. The van der Waals surface area contributed by atoms with E-state index in [1.807, 2.05) is 0 Å². The molecule has 1 aromatic carbocycles. The van der Waals surface area contributed by atoms with Crippen molar-refractivity contribution in [1.82, 2.24) is 0 Å². The summed E-state index contributed by atoms with van der Waals surface area (Å²) in [6.45, 7) is 9.00. The van der Waals surface area contributed by atoms with E-state index in [0.29, 0.717) is 13.2 Å². The molecule has 2 heteroatoms. The monoisotopic (exact) mass is 205 g/mol. The van der Waals surface area contributed by atoms with Crippen LogP contribution < -0.4 is 10.5 Å². The molecule has 0 atom stereocenters. The lowest BCUT2D eigenvalue weighted by molar-refractivity contribution is 0.358. The summed E-state index contributed by atoms with van der Waals surface area (Å²) in [5, 5.41) is 0. The van der Waals surface area contributed by atoms with Gasteiger partial charge in [-0.2, -0.15) is 0 Å². The highest BCUT2D eigenvalue weighted by Gasteiger charge is 2.05. The summed E-state index contributed by atoms with van der Waals surface area (Å²) >= 11 is 0. The number of hydrogen-bond acceptors (Lipinski definition) is 2. The lowest BCUT2D eigenvalue weighted by atomic mass is 10.0. The first-order valence-electron chi connectivity index (χ1n) is 5.23. The second kappa shape index (κ2) is 5.56. The minimum Gasteiger partial charge on any atom is -0.489 e. The average molecular weight is 205 g/mol. The van der Waals surface area contributed by atoms with Crippen molar-refractivity contribution < 1.29 is 4.74 Å². The van der Waals surface area contributed by atoms with Gasteiger partial charge in [0.05, 0.1) is 0 Å². The maximum absolute atomic E-state index is 5.60. The lowest BCUT2D eigenvalue weighted by Gasteiger charge is -2.12. The van der Waals surface area contributed by atoms with E-state index in [0.717, 1.165) is 12.2 Å². The van der Waals surface area contributed by atoms with Crippen LogP contribution in [-0.4, -0.2) is 13.2 Å². The van der Waals surface area contributed by atoms with Gasteiger partial charge in [0.15, 0.2) is 0 Å². The van der Waals surface area contributed by atoms with Crippen molar-refractivity contribution in [2.75, 3.05) is 13.2 Å². The van der Waals surface area contributed by atoms with Crippen LogP contribution in [-0.2, 0) is 6.42 Å². The standard InChI is InChI=1S/C13H19NO/c1-4-7-15-13-10(2)8-12(5-6-14)9-11(13)3/h4,8-9H,1,5-7,14H2,2-3H3. The molecule has 82 valence electrons. The Balaban J connectivity index is 2.93. The predicted molar refractivity (Wildman–Crippen MR) is 64.4 cm³/mol. The summed E-state index contributed by atoms with van der Waals surface area (Å²) < 4.78 is 5.60. The molecule has 0 amide bonds. The third kappa shape index (κ3) is 3.10. The fourth-order valence-corrected chi connectivity index (χ4v) is 1.72. The van der Waals surface area contributed by atoms with Crippen molar-refractivity contribution in [3.63, 3.8) is 0 Å². The molecular weight excluding hydrogens is 186 g/mol. The van der Waals surface area contributed by atoms with E-state index in [1.165, 1.54) is 16.7 Å². The van der Waals surface area contributed by atoms with E-state index in [9.17, 15) is 0 Å². The molecule has 0 aliphatic rings. The Morgan fingerprint density at radius 2 is 1.93 bits per heavy atom. The molecule has 2 N–H and O–H groups in total. The van der Waals surface area contributed by atoms with Crippen molar-refractivity contribution >= 4 is 0 Å². The van der Waals surface area contributed by atoms with Gasteiger partial charge in [0.2, 0.25) is 0 Å². The number of ether oxygens (including phenoxy) is 1. The first-order chi connectivity index (χ1) is 7.19. The molecule has 0 saturated heterocycles. The van der Waals surface area contributed by atoms with Gasteiger partial charge in [-0.3, -0.25) is 0 Å². The van der Waals surface area contributed by atoms with Crippen LogP contribution in [0.3, 0.4) is 0 Å². The topological polar surface area (TPSA) is 35.2 Å². The van der Waals surface area contributed by atoms with Crippen molar-refractivity contribution in [3.8, 4) is 5.75 Å². The zero-order chi connectivity index (χ0) is 11.3. The Kier molecular flexibility index (Phi) is 4.37. The highest BCUT2D eigenvalue weighted by Crippen LogP contribution is 2.24. The molecule has 0 aliphatic heterocycles. The van der Waals surface area contributed by atoms with Gasteiger partial charge in [-0.25, -0.2) is 0 Å². The number of benzene rings is 1. The molecular formula is C13H19NO. The molecule has 0 unspecified atom stereocenters. The van der Waals surface area contributed by atoms with Crippen LogP contribution >= 0.6 is 0 Å². The van der Waals surface area contributed by atoms with E-state index in [4.69, 9.17) is 10.5 Å². The zero-order valence-electron chi connectivity index (χ0n) is 9.55. The second-order valence-corrected chi connectivity index (χ2v) is 3.70. The normalized spacial score (nSPS) is 10.1. The van der Waals surface area contributed by atoms with Gasteiger partial charge < -0.3 is 10.5 Å². The number of hydrogen-bond donors (Lipinski definition) is 1. The van der Waals surface area contributed by atoms with Crippen LogP contribution in [0.25, 0.3) is 0 Å². The number of rotatable bonds is 5. The van der Waals surface area contributed by atoms with Gasteiger partial charge in [-0.05, 0) is 43.5 Å². The first kappa shape index (κ1) is 11.8. The minimum absolute atomic E-state index is 0.553. The Morgan fingerprint density at radius 3 is 2.40 bits per heavy atom. The SMILES string of the molecule is C=CCOc1c(C)cc(CCN)cc1C. The van der Waals surface area contributed by atoms with Gasteiger partial charge in [0.1, 0.15) is 12.4 Å². The average Bonchev–Trinajstić information content (AvgIpc) is 2.17. The van der Waals surface area contributed by atoms with Gasteiger partial charge in [-0.1, -0.05) is 24.8 Å². The van der Waals surface area contributed by atoms with Crippen LogP contribution in [0, 0.1) is 13.8 Å². The largest absolute Gasteiger partial charge is 0.489 e. The first-order valence-corrected chi connectivity index (χ1v) is 5.23. The summed E-state index contributed by atoms with van der Waals surface area (Å²) in [7, 11) is 0. The van der Waals surface area contributed by atoms with Gasteiger partial charge >= 0.3 is 0 Å².